The average molecular weight is 396 g/mol. The van der Waals surface area contributed by atoms with Crippen molar-refractivity contribution in [3.63, 3.8) is 0 Å². The van der Waals surface area contributed by atoms with Crippen LogP contribution in [0.25, 0.3) is 0 Å². The number of alkyl carbamates (subject to hydrolysis) is 1. The summed E-state index contributed by atoms with van der Waals surface area (Å²) in [5.41, 5.74) is 2.11. The van der Waals surface area contributed by atoms with Crippen LogP contribution >= 0.6 is 0 Å². The molecule has 1 aromatic heterocycles. The van der Waals surface area contributed by atoms with E-state index in [-0.39, 0.29) is 12.1 Å². The summed E-state index contributed by atoms with van der Waals surface area (Å²) in [5.74, 6) is 2.40. The number of amides is 1. The minimum atomic E-state index is -0.335. The second-order valence-corrected chi connectivity index (χ2v) is 7.80. The molecule has 2 saturated heterocycles. The number of nitrogens with zero attached hydrogens (tertiary/aromatic N) is 3. The quantitative estimate of drug-likeness (QED) is 0.661. The van der Waals surface area contributed by atoms with E-state index in [0.717, 1.165) is 48.9 Å². The summed E-state index contributed by atoms with van der Waals surface area (Å²) >= 11 is 0. The highest BCUT2D eigenvalue weighted by Crippen LogP contribution is 2.21. The lowest BCUT2D eigenvalue weighted by Crippen LogP contribution is -2.34. The number of ether oxygens (including phenoxy) is 1. The average Bonchev–Trinajstić information content (AvgIpc) is 3.15. The van der Waals surface area contributed by atoms with E-state index in [1.54, 1.807) is 6.33 Å². The minimum absolute atomic E-state index is 0.0428. The molecular weight excluding hydrogens is 368 g/mol. The van der Waals surface area contributed by atoms with E-state index in [0.29, 0.717) is 12.5 Å². The zero-order valence-electron chi connectivity index (χ0n) is 16.7. The molecule has 154 valence electrons. The summed E-state index contributed by atoms with van der Waals surface area (Å²) in [6.07, 6.45) is 4.45. The molecule has 0 radical (unpaired) electrons. The van der Waals surface area contributed by atoms with Crippen LogP contribution in [-0.4, -0.2) is 55.4 Å². The number of hydrogen-bond donors (Lipinski definition) is 3. The van der Waals surface area contributed by atoms with Crippen molar-refractivity contribution >= 4 is 23.4 Å². The summed E-state index contributed by atoms with van der Waals surface area (Å²) in [5, 5.41) is 9.56. The van der Waals surface area contributed by atoms with E-state index >= 15 is 0 Å². The fourth-order valence-corrected chi connectivity index (χ4v) is 3.86. The Morgan fingerprint density at radius 2 is 2.00 bits per heavy atom. The minimum Gasteiger partial charge on any atom is -0.447 e. The first-order valence-corrected chi connectivity index (χ1v) is 10.2. The van der Waals surface area contributed by atoms with Crippen LogP contribution in [0.15, 0.2) is 36.7 Å². The van der Waals surface area contributed by atoms with Gasteiger partial charge in [-0.1, -0.05) is 12.1 Å². The van der Waals surface area contributed by atoms with E-state index in [1.807, 2.05) is 18.2 Å². The van der Waals surface area contributed by atoms with Crippen molar-refractivity contribution in [2.24, 2.45) is 5.92 Å². The van der Waals surface area contributed by atoms with Crippen LogP contribution < -0.4 is 20.9 Å². The first-order chi connectivity index (χ1) is 14.2. The molecular formula is C21H28N6O2. The van der Waals surface area contributed by atoms with Crippen LogP contribution in [0.5, 0.6) is 0 Å². The number of cyclic esters (lactones) is 1. The second kappa shape index (κ2) is 9.09. The lowest BCUT2D eigenvalue weighted by atomic mass is 9.98. The Morgan fingerprint density at radius 3 is 2.72 bits per heavy atom. The van der Waals surface area contributed by atoms with Gasteiger partial charge >= 0.3 is 6.09 Å². The molecule has 4 rings (SSSR count). The van der Waals surface area contributed by atoms with Crippen LogP contribution in [0.4, 0.5) is 22.1 Å². The van der Waals surface area contributed by atoms with Gasteiger partial charge in [0.05, 0.1) is 6.04 Å². The molecule has 2 aromatic rings. The maximum Gasteiger partial charge on any atom is 0.407 e. The van der Waals surface area contributed by atoms with Gasteiger partial charge in [0.25, 0.3) is 0 Å². The van der Waals surface area contributed by atoms with Gasteiger partial charge in [0.15, 0.2) is 0 Å². The highest BCUT2D eigenvalue weighted by Gasteiger charge is 2.22. The molecule has 0 spiro atoms. The van der Waals surface area contributed by atoms with E-state index in [2.05, 4.69) is 50.0 Å². The van der Waals surface area contributed by atoms with Gasteiger partial charge in [-0.25, -0.2) is 14.8 Å². The zero-order chi connectivity index (χ0) is 20.1. The third kappa shape index (κ3) is 5.35. The molecule has 2 aliphatic heterocycles. The molecule has 0 aliphatic carbocycles. The normalized spacial score (nSPS) is 19.5. The van der Waals surface area contributed by atoms with Gasteiger partial charge in [-0.15, -0.1) is 0 Å². The number of carbonyl (C=O) groups is 1. The summed E-state index contributed by atoms with van der Waals surface area (Å²) in [6.45, 7) is 3.64. The van der Waals surface area contributed by atoms with E-state index in [4.69, 9.17) is 4.74 Å². The van der Waals surface area contributed by atoms with E-state index in [1.165, 1.54) is 12.8 Å². The Balaban J connectivity index is 1.34. The summed E-state index contributed by atoms with van der Waals surface area (Å²) < 4.78 is 4.94. The SMILES string of the molecule is CN(CC1CCNCC1)c1cc(Nc2ccc(CC3COC(=O)N3)cc2)ncn1. The maximum absolute atomic E-state index is 11.1. The first kappa shape index (κ1) is 19.4. The van der Waals surface area contributed by atoms with Crippen molar-refractivity contribution < 1.29 is 9.53 Å². The molecule has 1 unspecified atom stereocenters. The number of anilines is 3. The van der Waals surface area contributed by atoms with Gasteiger partial charge in [0.1, 0.15) is 24.6 Å². The molecule has 1 amide bonds. The molecule has 29 heavy (non-hydrogen) atoms. The molecule has 2 aliphatic rings. The Kier molecular flexibility index (Phi) is 6.09. The molecule has 8 nitrogen and oxygen atoms in total. The number of rotatable bonds is 7. The highest BCUT2D eigenvalue weighted by atomic mass is 16.6. The van der Waals surface area contributed by atoms with E-state index in [9.17, 15) is 4.79 Å². The second-order valence-electron chi connectivity index (χ2n) is 7.80. The molecule has 1 atom stereocenters. The molecule has 3 N–H and O–H groups in total. The van der Waals surface area contributed by atoms with Crippen molar-refractivity contribution in [3.8, 4) is 0 Å². The fourth-order valence-electron chi connectivity index (χ4n) is 3.86. The Labute approximate surface area is 171 Å². The number of piperidine rings is 1. The number of carbonyl (C=O) groups excluding carboxylic acids is 1. The molecule has 1 aromatic carbocycles. The lowest BCUT2D eigenvalue weighted by Gasteiger charge is -2.28. The summed E-state index contributed by atoms with van der Waals surface area (Å²) in [6, 6.07) is 10.2. The highest BCUT2D eigenvalue weighted by molar-refractivity contribution is 5.69. The van der Waals surface area contributed by atoms with Crippen LogP contribution in [-0.2, 0) is 11.2 Å². The molecule has 2 fully saturated rings. The van der Waals surface area contributed by atoms with Gasteiger partial charge in [0, 0.05) is 25.3 Å². The number of benzene rings is 1. The standard InChI is InChI=1S/C21H28N6O2/c1-27(12-16-6-8-22-9-7-16)20-11-19(23-14-24-20)25-17-4-2-15(3-5-17)10-18-13-29-21(28)26-18/h2-5,11,14,16,18,22H,6-10,12-13H2,1H3,(H,26,28)(H,23,24,25). The summed E-state index contributed by atoms with van der Waals surface area (Å²) in [7, 11) is 2.09. The Hall–Kier alpha value is -2.87. The largest absolute Gasteiger partial charge is 0.447 e. The van der Waals surface area contributed by atoms with Gasteiger partial charge < -0.3 is 25.6 Å². The number of nitrogens with one attached hydrogen (secondary N) is 3. The number of aromatic nitrogens is 2. The van der Waals surface area contributed by atoms with Crippen molar-refractivity contribution in [2.75, 3.05) is 43.5 Å². The third-order valence-corrected chi connectivity index (χ3v) is 5.48. The van der Waals surface area contributed by atoms with Crippen molar-refractivity contribution in [2.45, 2.75) is 25.3 Å². The summed E-state index contributed by atoms with van der Waals surface area (Å²) in [4.78, 5) is 22.1. The zero-order valence-corrected chi connectivity index (χ0v) is 16.7. The van der Waals surface area contributed by atoms with E-state index < -0.39 is 0 Å². The molecule has 0 bridgehead atoms. The fraction of sp³-hybridized carbons (Fsp3) is 0.476. The first-order valence-electron chi connectivity index (χ1n) is 10.2. The molecule has 3 heterocycles. The Morgan fingerprint density at radius 1 is 1.21 bits per heavy atom. The molecule has 0 saturated carbocycles. The molecule has 8 heteroatoms. The van der Waals surface area contributed by atoms with Crippen LogP contribution in [0, 0.1) is 5.92 Å². The van der Waals surface area contributed by atoms with Crippen molar-refractivity contribution in [1.29, 1.82) is 0 Å². The Bertz CT molecular complexity index is 822. The van der Waals surface area contributed by atoms with Gasteiger partial charge in [-0.05, 0) is 56.0 Å². The third-order valence-electron chi connectivity index (χ3n) is 5.48. The lowest BCUT2D eigenvalue weighted by molar-refractivity contribution is 0.177. The van der Waals surface area contributed by atoms with Crippen molar-refractivity contribution in [1.82, 2.24) is 20.6 Å². The predicted molar refractivity (Wildman–Crippen MR) is 113 cm³/mol. The van der Waals surface area contributed by atoms with Crippen LogP contribution in [0.2, 0.25) is 0 Å². The smallest absolute Gasteiger partial charge is 0.407 e. The van der Waals surface area contributed by atoms with Gasteiger partial charge in [-0.3, -0.25) is 0 Å². The monoisotopic (exact) mass is 396 g/mol. The van der Waals surface area contributed by atoms with Crippen LogP contribution in [0.1, 0.15) is 18.4 Å². The van der Waals surface area contributed by atoms with Crippen LogP contribution in [0.3, 0.4) is 0 Å². The number of hydrogen-bond acceptors (Lipinski definition) is 7. The van der Waals surface area contributed by atoms with Gasteiger partial charge in [0.2, 0.25) is 0 Å². The predicted octanol–water partition coefficient (Wildman–Crippen LogP) is 2.31. The topological polar surface area (TPSA) is 91.4 Å². The van der Waals surface area contributed by atoms with Crippen molar-refractivity contribution in [3.05, 3.63) is 42.2 Å². The van der Waals surface area contributed by atoms with Gasteiger partial charge in [-0.2, -0.15) is 0 Å². The maximum atomic E-state index is 11.1.